The Hall–Kier alpha value is -9.06. The summed E-state index contributed by atoms with van der Waals surface area (Å²) in [5.74, 6) is -0.215. The van der Waals surface area contributed by atoms with Crippen LogP contribution in [0.25, 0.3) is 65.4 Å². The zero-order valence-electron chi connectivity index (χ0n) is 53.2. The number of aromatic nitrogens is 6. The number of phenols is 6. The van der Waals surface area contributed by atoms with E-state index in [1.807, 2.05) is 0 Å². The van der Waals surface area contributed by atoms with Crippen molar-refractivity contribution in [1.82, 2.24) is 29.9 Å². The molecule has 0 atom stereocenters. The molecule has 10 rings (SSSR count). The summed E-state index contributed by atoms with van der Waals surface area (Å²) in [5, 5.41) is 70.7. The van der Waals surface area contributed by atoms with E-state index in [1.54, 1.807) is 72.8 Å². The summed E-state index contributed by atoms with van der Waals surface area (Å²) >= 11 is 0. The fraction of sp³-hybridized carbons (Fsp3) is 0.417. The molecule has 10 aromatic rings. The van der Waals surface area contributed by atoms with Crippen molar-refractivity contribution in [3.8, 4) is 69.0 Å². The number of hydrogen-bond acceptors (Lipinski definition) is 18. The lowest BCUT2D eigenvalue weighted by atomic mass is 10.2. The molecule has 0 saturated carbocycles. The smallest absolute Gasteiger partial charge is 0.167 e. The molecule has 4 heterocycles. The summed E-state index contributed by atoms with van der Waals surface area (Å²) in [6.07, 6.45) is 25.0. The molecule has 0 aliphatic rings. The summed E-state index contributed by atoms with van der Waals surface area (Å²) in [7, 11) is 0. The minimum atomic E-state index is -0.475. The molecule has 0 aliphatic carbocycles. The number of ether oxygens (including phenoxy) is 6. The van der Waals surface area contributed by atoms with Crippen molar-refractivity contribution in [2.24, 2.45) is 0 Å². The van der Waals surface area contributed by atoms with Crippen LogP contribution in [0.5, 0.6) is 69.0 Å². The molecule has 0 unspecified atom stereocenters. The molecular formula is C72H90N6O12. The highest BCUT2D eigenvalue weighted by Gasteiger charge is 2.15. The number of fused-ring (bicyclic) bond motifs is 3. The van der Waals surface area contributed by atoms with Gasteiger partial charge in [-0.3, -0.25) is 29.9 Å². The van der Waals surface area contributed by atoms with E-state index in [2.05, 4.69) is 41.5 Å². The molecule has 0 aliphatic heterocycles. The van der Waals surface area contributed by atoms with E-state index >= 15 is 0 Å². The van der Waals surface area contributed by atoms with E-state index in [0.717, 1.165) is 116 Å². The van der Waals surface area contributed by atoms with E-state index in [-0.39, 0.29) is 32.3 Å². The predicted octanol–water partition coefficient (Wildman–Crippen LogP) is 17.7. The average molecular weight is 1230 g/mol. The van der Waals surface area contributed by atoms with Crippen LogP contribution in [0.2, 0.25) is 0 Å². The summed E-state index contributed by atoms with van der Waals surface area (Å²) in [5.41, 5.74) is 1.82. The van der Waals surface area contributed by atoms with Gasteiger partial charge in [-0.25, -0.2) is 0 Å². The van der Waals surface area contributed by atoms with Gasteiger partial charge in [0.25, 0.3) is 0 Å². The van der Waals surface area contributed by atoms with Crippen molar-refractivity contribution in [3.05, 3.63) is 110 Å². The fourth-order valence-corrected chi connectivity index (χ4v) is 9.41. The molecule has 0 spiro atoms. The molecule has 0 saturated heterocycles. The van der Waals surface area contributed by atoms with Crippen LogP contribution < -0.4 is 28.4 Å². The van der Waals surface area contributed by atoms with Crippen LogP contribution in [0.15, 0.2) is 110 Å². The minimum absolute atomic E-state index is 0.164. The van der Waals surface area contributed by atoms with Crippen LogP contribution in [-0.4, -0.2) is 100 Å². The molecule has 6 bridgehead atoms. The van der Waals surface area contributed by atoms with Crippen molar-refractivity contribution in [1.29, 1.82) is 0 Å². The van der Waals surface area contributed by atoms with Gasteiger partial charge in [0.1, 0.15) is 0 Å². The number of unbranched alkanes of at least 4 members (excludes halogenated alkanes) is 12. The topological polar surface area (TPSA) is 254 Å². The maximum Gasteiger partial charge on any atom is 0.167 e. The molecular weight excluding hydrogens is 1140 g/mol. The number of rotatable bonds is 30. The van der Waals surface area contributed by atoms with Gasteiger partial charge in [0.2, 0.25) is 0 Å². The van der Waals surface area contributed by atoms with Crippen LogP contribution in [0, 0.1) is 0 Å². The average Bonchev–Trinajstić information content (AvgIpc) is 1.19. The van der Waals surface area contributed by atoms with E-state index in [9.17, 15) is 30.6 Å². The molecule has 0 fully saturated rings. The van der Waals surface area contributed by atoms with Crippen molar-refractivity contribution >= 4 is 65.4 Å². The Morgan fingerprint density at radius 2 is 0.378 bits per heavy atom. The summed E-state index contributed by atoms with van der Waals surface area (Å²) < 4.78 is 38.0. The lowest BCUT2D eigenvalue weighted by molar-refractivity contribution is 0.260. The quantitative estimate of drug-likeness (QED) is 0.0181. The van der Waals surface area contributed by atoms with Gasteiger partial charge in [0.05, 0.1) is 72.7 Å². The lowest BCUT2D eigenvalue weighted by Gasteiger charge is -2.13. The first-order chi connectivity index (χ1) is 43.9. The van der Waals surface area contributed by atoms with Gasteiger partial charge in [-0.2, -0.15) is 0 Å². The number of hydrogen-bond donors (Lipinski definition) is 6. The normalized spacial score (nSPS) is 11.0. The fourth-order valence-electron chi connectivity index (χ4n) is 9.41. The Morgan fingerprint density at radius 3 is 0.511 bits per heavy atom. The standard InChI is InChI=1S/C72H90N6O12/c1-7-13-19-31-85-61-37-55-56(38-62(61)86-32-20-14-8-2)74-44-50-27-28-52(70(82)68(50)80)46-76-59-41-65(89-35-23-17-11-5)66(90-36-24-18-12-6)42-60(59)78-48-54-30-29-53(71(83)72(54)84)47-77-58-40-64(88-34-22-16-10-4)63(87-33-21-15-9-3)39-57(58)75-45-51-26-25-49(43-73-55)67(79)69(51)81/h25-30,37-48,79-84H,7-24,31-36H2,1-6H3. The lowest BCUT2D eigenvalue weighted by Crippen LogP contribution is -2.03. The first kappa shape index (κ1) is 68.4. The van der Waals surface area contributed by atoms with E-state index in [1.165, 1.54) is 37.2 Å². The van der Waals surface area contributed by atoms with Crippen molar-refractivity contribution in [2.75, 3.05) is 39.6 Å². The Labute approximate surface area is 527 Å². The van der Waals surface area contributed by atoms with E-state index in [0.29, 0.717) is 107 Å². The number of phenolic OH excluding ortho intramolecular Hbond substituents is 6. The van der Waals surface area contributed by atoms with Gasteiger partial charge >= 0.3 is 0 Å². The highest BCUT2D eigenvalue weighted by Crippen LogP contribution is 2.39. The minimum Gasteiger partial charge on any atom is -0.504 e. The summed E-state index contributed by atoms with van der Waals surface area (Å²) in [4.78, 5) is 28.8. The molecule has 4 aromatic heterocycles. The van der Waals surface area contributed by atoms with Crippen LogP contribution >= 0.6 is 0 Å². The van der Waals surface area contributed by atoms with Crippen LogP contribution in [-0.2, 0) is 0 Å². The zero-order valence-corrected chi connectivity index (χ0v) is 53.2. The van der Waals surface area contributed by atoms with Crippen molar-refractivity contribution < 1.29 is 59.1 Å². The molecule has 480 valence electrons. The number of aromatic hydroxyl groups is 6. The first-order valence-corrected chi connectivity index (χ1v) is 32.1. The predicted molar refractivity (Wildman–Crippen MR) is 358 cm³/mol. The second kappa shape index (κ2) is 36.4. The van der Waals surface area contributed by atoms with Gasteiger partial charge in [0, 0.05) is 106 Å². The molecule has 0 radical (unpaired) electrons. The van der Waals surface area contributed by atoms with Gasteiger partial charge in [-0.05, 0) is 74.9 Å². The maximum absolute atomic E-state index is 11.6. The van der Waals surface area contributed by atoms with Gasteiger partial charge in [-0.15, -0.1) is 0 Å². The Bertz CT molecular complexity index is 3210. The molecule has 18 heteroatoms. The molecule has 18 nitrogen and oxygen atoms in total. The Morgan fingerprint density at radius 1 is 0.233 bits per heavy atom. The third kappa shape index (κ3) is 19.7. The summed E-state index contributed by atoms with van der Waals surface area (Å²) in [6.45, 7) is 15.2. The Kier molecular flexibility index (Phi) is 27.7. The monoisotopic (exact) mass is 1230 g/mol. The van der Waals surface area contributed by atoms with Crippen LogP contribution in [0.3, 0.4) is 0 Å². The SMILES string of the molecule is CCCCCOc1cc2ncc3ccc(cnc4cc(OCCCCC)c(OCCCCC)cc4ncc4ccc(cnc5cc(OCCCCC)c(OCCCCC)cc5ncc5ccc(cnc2cc1OCCCCC)c(O)c5O)c(O)c4O)c(O)c3O. The van der Waals surface area contributed by atoms with Gasteiger partial charge in [-0.1, -0.05) is 119 Å². The van der Waals surface area contributed by atoms with Crippen molar-refractivity contribution in [3.63, 3.8) is 0 Å². The zero-order chi connectivity index (χ0) is 64.0. The van der Waals surface area contributed by atoms with E-state index in [4.69, 9.17) is 58.3 Å². The number of benzene rings is 6. The largest absolute Gasteiger partial charge is 0.504 e. The van der Waals surface area contributed by atoms with Crippen LogP contribution in [0.4, 0.5) is 0 Å². The second-order valence-corrected chi connectivity index (χ2v) is 22.1. The Balaban J connectivity index is 1.56. The van der Waals surface area contributed by atoms with Crippen molar-refractivity contribution in [2.45, 2.75) is 157 Å². The third-order valence-electron chi connectivity index (χ3n) is 14.9. The second-order valence-electron chi connectivity index (χ2n) is 22.1. The van der Waals surface area contributed by atoms with Crippen LogP contribution in [0.1, 0.15) is 157 Å². The molecule has 90 heavy (non-hydrogen) atoms. The molecule has 0 amide bonds. The number of nitrogens with zero attached hydrogens (tertiary/aromatic N) is 6. The highest BCUT2D eigenvalue weighted by molar-refractivity contribution is 5.86. The third-order valence-corrected chi connectivity index (χ3v) is 14.9. The highest BCUT2D eigenvalue weighted by atomic mass is 16.5. The first-order valence-electron chi connectivity index (χ1n) is 32.1. The molecule has 6 N–H and O–H groups in total. The van der Waals surface area contributed by atoms with E-state index < -0.39 is 34.5 Å². The molecule has 6 aromatic carbocycles. The van der Waals surface area contributed by atoms with Gasteiger partial charge < -0.3 is 59.1 Å². The maximum atomic E-state index is 11.6. The van der Waals surface area contributed by atoms with Gasteiger partial charge in [0.15, 0.2) is 69.0 Å². The summed E-state index contributed by atoms with van der Waals surface area (Å²) in [6, 6.07) is 19.7.